The topological polar surface area (TPSA) is 33.5 Å². The zero-order chi connectivity index (χ0) is 15.4. The van der Waals surface area contributed by atoms with E-state index in [-0.39, 0.29) is 5.91 Å². The average molecular weight is 289 g/mol. The molecule has 0 aromatic heterocycles. The second-order valence-corrected chi connectivity index (χ2v) is 7.03. The summed E-state index contributed by atoms with van der Waals surface area (Å²) in [6, 6.07) is 6.18. The number of likely N-dealkylation sites (tertiary alicyclic amines) is 1. The van der Waals surface area contributed by atoms with E-state index in [9.17, 15) is 4.79 Å². The average Bonchev–Trinajstić information content (AvgIpc) is 2.34. The Kier molecular flexibility index (Phi) is 5.40. The molecular weight excluding hydrogens is 260 g/mol. The predicted molar refractivity (Wildman–Crippen MR) is 87.7 cm³/mol. The van der Waals surface area contributed by atoms with Crippen molar-refractivity contribution >= 4 is 11.6 Å². The highest BCUT2D eigenvalue weighted by atomic mass is 16.1. The quantitative estimate of drug-likeness (QED) is 0.875. The highest BCUT2D eigenvalue weighted by Gasteiger charge is 2.25. The molecule has 0 saturated carbocycles. The van der Waals surface area contributed by atoms with E-state index >= 15 is 0 Å². The minimum atomic E-state index is 0.137. The zero-order valence-electron chi connectivity index (χ0n) is 13.8. The Morgan fingerprint density at radius 1 is 1.14 bits per heavy atom. The van der Waals surface area contributed by atoms with Gasteiger partial charge in [-0.1, -0.05) is 19.9 Å². The van der Waals surface area contributed by atoms with Crippen LogP contribution in [0.4, 0.5) is 5.69 Å². The Balaban J connectivity index is 1.82. The molecule has 2 rings (SSSR count). The van der Waals surface area contributed by atoms with Crippen LogP contribution in [0, 0.1) is 25.7 Å². The van der Waals surface area contributed by atoms with Crippen LogP contribution >= 0.6 is 0 Å². The monoisotopic (exact) mass is 289 g/mol. The van der Waals surface area contributed by atoms with Gasteiger partial charge in [0.1, 0.15) is 0 Å². The number of benzene rings is 1. The molecular formula is C18H29N2O+. The van der Waals surface area contributed by atoms with E-state index in [1.165, 1.54) is 30.6 Å². The Morgan fingerprint density at radius 3 is 2.29 bits per heavy atom. The lowest BCUT2D eigenvalue weighted by Crippen LogP contribution is -3.14. The summed E-state index contributed by atoms with van der Waals surface area (Å²) in [6.07, 6.45) is 1.94. The molecule has 1 saturated heterocycles. The summed E-state index contributed by atoms with van der Waals surface area (Å²) in [5, 5.41) is 3.03. The molecule has 0 spiro atoms. The first-order valence-corrected chi connectivity index (χ1v) is 8.14. The number of rotatable bonds is 4. The third-order valence-electron chi connectivity index (χ3n) is 4.29. The maximum atomic E-state index is 12.1. The van der Waals surface area contributed by atoms with Crippen molar-refractivity contribution in [3.63, 3.8) is 0 Å². The fourth-order valence-corrected chi connectivity index (χ4v) is 3.69. The molecule has 2 N–H and O–H groups in total. The van der Waals surface area contributed by atoms with Crippen molar-refractivity contribution in [1.82, 2.24) is 0 Å². The van der Waals surface area contributed by atoms with Gasteiger partial charge in [0.2, 0.25) is 5.91 Å². The van der Waals surface area contributed by atoms with E-state index in [0.717, 1.165) is 24.1 Å². The van der Waals surface area contributed by atoms with Crippen LogP contribution in [-0.2, 0) is 4.79 Å². The predicted octanol–water partition coefficient (Wildman–Crippen LogP) is 2.19. The van der Waals surface area contributed by atoms with Gasteiger partial charge in [0.15, 0.2) is 0 Å². The van der Waals surface area contributed by atoms with Crippen molar-refractivity contribution in [3.05, 3.63) is 29.3 Å². The van der Waals surface area contributed by atoms with Crippen LogP contribution in [0.25, 0.3) is 0 Å². The lowest BCUT2D eigenvalue weighted by molar-refractivity contribution is -0.911. The summed E-state index contributed by atoms with van der Waals surface area (Å²) < 4.78 is 0. The molecule has 0 radical (unpaired) electrons. The molecule has 116 valence electrons. The third kappa shape index (κ3) is 5.16. The standard InChI is InChI=1S/C18H28N2O/c1-13-7-14(2)10-17(9-13)19-18(21)5-6-20-11-15(3)8-16(4)12-20/h7,9-10,15-16H,5-6,8,11-12H2,1-4H3,(H,19,21)/p+1/t15-,16-/m1/s1. The number of hydrogen-bond donors (Lipinski definition) is 2. The van der Waals surface area contributed by atoms with Gasteiger partial charge in [-0.3, -0.25) is 4.79 Å². The fraction of sp³-hybridized carbons (Fsp3) is 0.611. The first kappa shape index (κ1) is 16.0. The van der Waals surface area contributed by atoms with Crippen LogP contribution < -0.4 is 10.2 Å². The molecule has 1 aromatic carbocycles. The molecule has 0 bridgehead atoms. The van der Waals surface area contributed by atoms with E-state index in [0.29, 0.717) is 6.42 Å². The SMILES string of the molecule is Cc1cc(C)cc(NC(=O)CC[NH+]2C[C@H](C)C[C@@H](C)C2)c1. The Bertz CT molecular complexity index is 468. The first-order chi connectivity index (χ1) is 9.92. The van der Waals surface area contributed by atoms with Gasteiger partial charge < -0.3 is 10.2 Å². The Morgan fingerprint density at radius 2 is 1.71 bits per heavy atom. The minimum absolute atomic E-state index is 0.137. The molecule has 1 aliphatic heterocycles. The van der Waals surface area contributed by atoms with E-state index in [2.05, 4.69) is 39.1 Å². The molecule has 0 unspecified atom stereocenters. The number of quaternary nitrogens is 1. The van der Waals surface area contributed by atoms with Crippen LogP contribution in [0.5, 0.6) is 0 Å². The zero-order valence-corrected chi connectivity index (χ0v) is 13.8. The summed E-state index contributed by atoms with van der Waals surface area (Å²) in [7, 11) is 0. The van der Waals surface area contributed by atoms with Gasteiger partial charge in [0.25, 0.3) is 0 Å². The second kappa shape index (κ2) is 7.08. The van der Waals surface area contributed by atoms with E-state index in [1.54, 1.807) is 4.90 Å². The molecule has 3 nitrogen and oxygen atoms in total. The van der Waals surface area contributed by atoms with Crippen LogP contribution in [0.2, 0.25) is 0 Å². The van der Waals surface area contributed by atoms with Crippen LogP contribution in [0.1, 0.15) is 37.8 Å². The van der Waals surface area contributed by atoms with Crippen LogP contribution in [0.3, 0.4) is 0 Å². The van der Waals surface area contributed by atoms with Crippen molar-refractivity contribution in [1.29, 1.82) is 0 Å². The number of piperidine rings is 1. The highest BCUT2D eigenvalue weighted by molar-refractivity contribution is 5.90. The van der Waals surface area contributed by atoms with Crippen molar-refractivity contribution in [2.75, 3.05) is 25.0 Å². The number of amides is 1. The van der Waals surface area contributed by atoms with Crippen molar-refractivity contribution < 1.29 is 9.69 Å². The molecule has 3 heteroatoms. The van der Waals surface area contributed by atoms with Crippen molar-refractivity contribution in [2.45, 2.75) is 40.5 Å². The lowest BCUT2D eigenvalue weighted by atomic mass is 9.92. The minimum Gasteiger partial charge on any atom is -0.334 e. The largest absolute Gasteiger partial charge is 0.334 e. The molecule has 0 aliphatic carbocycles. The normalized spacial score (nSPS) is 25.6. The van der Waals surface area contributed by atoms with E-state index < -0.39 is 0 Å². The Hall–Kier alpha value is -1.35. The van der Waals surface area contributed by atoms with Gasteiger partial charge in [0.05, 0.1) is 26.1 Å². The molecule has 1 aromatic rings. The van der Waals surface area contributed by atoms with Crippen LogP contribution in [-0.4, -0.2) is 25.5 Å². The van der Waals surface area contributed by atoms with Crippen molar-refractivity contribution in [2.24, 2.45) is 11.8 Å². The summed E-state index contributed by atoms with van der Waals surface area (Å²) in [6.45, 7) is 12.1. The molecule has 21 heavy (non-hydrogen) atoms. The van der Waals surface area contributed by atoms with Gasteiger partial charge in [-0.05, 0) is 43.5 Å². The number of nitrogens with one attached hydrogen (secondary N) is 2. The number of aryl methyl sites for hydroxylation is 2. The summed E-state index contributed by atoms with van der Waals surface area (Å²) >= 11 is 0. The third-order valence-corrected chi connectivity index (χ3v) is 4.29. The Labute approximate surface area is 128 Å². The smallest absolute Gasteiger partial charge is 0.230 e. The molecule has 1 heterocycles. The molecule has 1 amide bonds. The van der Waals surface area contributed by atoms with Gasteiger partial charge >= 0.3 is 0 Å². The van der Waals surface area contributed by atoms with E-state index in [4.69, 9.17) is 0 Å². The van der Waals surface area contributed by atoms with Gasteiger partial charge in [0, 0.05) is 17.5 Å². The number of anilines is 1. The summed E-state index contributed by atoms with van der Waals surface area (Å²) in [5.41, 5.74) is 3.30. The fourth-order valence-electron chi connectivity index (χ4n) is 3.69. The van der Waals surface area contributed by atoms with Gasteiger partial charge in [-0.2, -0.15) is 0 Å². The van der Waals surface area contributed by atoms with Crippen molar-refractivity contribution in [3.8, 4) is 0 Å². The molecule has 1 fully saturated rings. The van der Waals surface area contributed by atoms with Crippen LogP contribution in [0.15, 0.2) is 18.2 Å². The maximum absolute atomic E-state index is 12.1. The number of carbonyl (C=O) groups is 1. The number of hydrogen-bond acceptors (Lipinski definition) is 1. The van der Waals surface area contributed by atoms with Gasteiger partial charge in [-0.25, -0.2) is 0 Å². The first-order valence-electron chi connectivity index (χ1n) is 8.14. The maximum Gasteiger partial charge on any atom is 0.230 e. The summed E-state index contributed by atoms with van der Waals surface area (Å²) in [5.74, 6) is 1.70. The van der Waals surface area contributed by atoms with Gasteiger partial charge in [-0.15, -0.1) is 0 Å². The lowest BCUT2D eigenvalue weighted by Gasteiger charge is -2.31. The molecule has 1 aliphatic rings. The highest BCUT2D eigenvalue weighted by Crippen LogP contribution is 2.14. The second-order valence-electron chi connectivity index (χ2n) is 7.03. The van der Waals surface area contributed by atoms with E-state index in [1.807, 2.05) is 12.1 Å². The number of carbonyl (C=O) groups excluding carboxylic acids is 1. The summed E-state index contributed by atoms with van der Waals surface area (Å²) in [4.78, 5) is 13.7. The molecule has 2 atom stereocenters.